The second-order valence-electron chi connectivity index (χ2n) is 5.36. The highest BCUT2D eigenvalue weighted by Crippen LogP contribution is 2.25. The number of hydrogen-bond acceptors (Lipinski definition) is 4. The van der Waals surface area contributed by atoms with Gasteiger partial charge >= 0.3 is 6.03 Å². The van der Waals surface area contributed by atoms with E-state index in [-0.39, 0.29) is 18.1 Å². The molecule has 1 aliphatic rings. The van der Waals surface area contributed by atoms with Crippen LogP contribution in [0.1, 0.15) is 30.9 Å². The maximum atomic E-state index is 12.4. The number of carbonyl (C=O) groups is 1. The van der Waals surface area contributed by atoms with Gasteiger partial charge in [0.15, 0.2) is 0 Å². The number of rotatable bonds is 5. The summed E-state index contributed by atoms with van der Waals surface area (Å²) in [6.07, 6.45) is 0.789. The maximum absolute atomic E-state index is 12.4. The number of aryl methyl sites for hydroxylation is 1. The molecular formula is C15H24N2O4. The van der Waals surface area contributed by atoms with Gasteiger partial charge in [0.1, 0.15) is 17.6 Å². The largest absolute Gasteiger partial charge is 0.464 e. The molecular weight excluding hydrogens is 272 g/mol. The van der Waals surface area contributed by atoms with Crippen LogP contribution in [0.5, 0.6) is 0 Å². The molecule has 2 heterocycles. The Hall–Kier alpha value is -1.53. The van der Waals surface area contributed by atoms with Crippen LogP contribution in [-0.2, 0) is 9.47 Å². The molecule has 1 fully saturated rings. The predicted octanol–water partition coefficient (Wildman–Crippen LogP) is 2.10. The Morgan fingerprint density at radius 2 is 2.38 bits per heavy atom. The molecule has 21 heavy (non-hydrogen) atoms. The average molecular weight is 296 g/mol. The van der Waals surface area contributed by atoms with E-state index in [1.54, 1.807) is 12.0 Å². The molecule has 0 saturated carbocycles. The Bertz CT molecular complexity index is 460. The molecule has 2 atom stereocenters. The zero-order valence-electron chi connectivity index (χ0n) is 12.9. The Morgan fingerprint density at radius 3 is 3.05 bits per heavy atom. The molecule has 0 spiro atoms. The number of furan rings is 1. The van der Waals surface area contributed by atoms with Gasteiger partial charge in [-0.1, -0.05) is 0 Å². The summed E-state index contributed by atoms with van der Waals surface area (Å²) in [5.74, 6) is 1.61. The molecule has 6 nitrogen and oxygen atoms in total. The zero-order valence-corrected chi connectivity index (χ0v) is 12.9. The molecule has 1 aromatic rings. The van der Waals surface area contributed by atoms with Gasteiger partial charge in [-0.2, -0.15) is 0 Å². The number of nitrogens with zero attached hydrogens (tertiary/aromatic N) is 1. The van der Waals surface area contributed by atoms with E-state index in [0.29, 0.717) is 26.4 Å². The highest BCUT2D eigenvalue weighted by atomic mass is 16.5. The molecule has 1 N–H and O–H groups in total. The predicted molar refractivity (Wildman–Crippen MR) is 78.2 cm³/mol. The van der Waals surface area contributed by atoms with E-state index in [1.807, 2.05) is 26.0 Å². The Labute approximate surface area is 125 Å². The molecule has 0 aromatic carbocycles. The van der Waals surface area contributed by atoms with E-state index in [0.717, 1.165) is 17.9 Å². The van der Waals surface area contributed by atoms with Gasteiger partial charge in [-0.3, -0.25) is 0 Å². The second-order valence-corrected chi connectivity index (χ2v) is 5.36. The topological polar surface area (TPSA) is 63.9 Å². The van der Waals surface area contributed by atoms with Gasteiger partial charge in [0.2, 0.25) is 0 Å². The van der Waals surface area contributed by atoms with Gasteiger partial charge < -0.3 is 24.1 Å². The van der Waals surface area contributed by atoms with Crippen LogP contribution >= 0.6 is 0 Å². The molecule has 1 aromatic heterocycles. The van der Waals surface area contributed by atoms with Gasteiger partial charge in [0.25, 0.3) is 0 Å². The van der Waals surface area contributed by atoms with Crippen molar-refractivity contribution >= 4 is 6.03 Å². The molecule has 1 saturated heterocycles. The summed E-state index contributed by atoms with van der Waals surface area (Å²) in [6, 6.07) is 3.63. The third-order valence-corrected chi connectivity index (χ3v) is 3.60. The SMILES string of the molecule is COCC[C@@H](C)NC(=O)N1CCOC[C@@H]1c1ccc(C)o1. The van der Waals surface area contributed by atoms with E-state index in [4.69, 9.17) is 13.9 Å². The molecule has 2 rings (SSSR count). The smallest absolute Gasteiger partial charge is 0.318 e. The number of ether oxygens (including phenoxy) is 2. The number of carbonyl (C=O) groups excluding carboxylic acids is 1. The van der Waals surface area contributed by atoms with Gasteiger partial charge in [0, 0.05) is 26.3 Å². The van der Waals surface area contributed by atoms with Crippen LogP contribution in [0.15, 0.2) is 16.5 Å². The number of methoxy groups -OCH3 is 1. The van der Waals surface area contributed by atoms with Crippen LogP contribution in [-0.4, -0.2) is 50.4 Å². The third-order valence-electron chi connectivity index (χ3n) is 3.60. The van der Waals surface area contributed by atoms with Crippen molar-refractivity contribution in [3.05, 3.63) is 23.7 Å². The Morgan fingerprint density at radius 1 is 1.57 bits per heavy atom. The molecule has 118 valence electrons. The fourth-order valence-electron chi connectivity index (χ4n) is 2.38. The monoisotopic (exact) mass is 296 g/mol. The molecule has 6 heteroatoms. The summed E-state index contributed by atoms with van der Waals surface area (Å²) in [5.41, 5.74) is 0. The van der Waals surface area contributed by atoms with Gasteiger partial charge in [-0.25, -0.2) is 4.79 Å². The van der Waals surface area contributed by atoms with E-state index in [1.165, 1.54) is 0 Å². The molecule has 0 radical (unpaired) electrons. The molecule has 0 bridgehead atoms. The fraction of sp³-hybridized carbons (Fsp3) is 0.667. The number of nitrogens with one attached hydrogen (secondary N) is 1. The van der Waals surface area contributed by atoms with Crippen LogP contribution in [0.2, 0.25) is 0 Å². The van der Waals surface area contributed by atoms with Gasteiger partial charge in [0.05, 0.1) is 13.2 Å². The summed E-state index contributed by atoms with van der Waals surface area (Å²) in [4.78, 5) is 14.2. The maximum Gasteiger partial charge on any atom is 0.318 e. The highest BCUT2D eigenvalue weighted by Gasteiger charge is 2.31. The van der Waals surface area contributed by atoms with Gasteiger partial charge in [-0.15, -0.1) is 0 Å². The van der Waals surface area contributed by atoms with Crippen molar-refractivity contribution in [2.75, 3.05) is 33.5 Å². The van der Waals surface area contributed by atoms with E-state index in [2.05, 4.69) is 5.32 Å². The minimum Gasteiger partial charge on any atom is -0.464 e. The normalized spacial score (nSPS) is 20.3. The van der Waals surface area contributed by atoms with Crippen molar-refractivity contribution in [2.24, 2.45) is 0 Å². The Balaban J connectivity index is 1.99. The number of amides is 2. The zero-order chi connectivity index (χ0) is 15.2. The highest BCUT2D eigenvalue weighted by molar-refractivity contribution is 5.75. The van der Waals surface area contributed by atoms with Gasteiger partial charge in [-0.05, 0) is 32.4 Å². The molecule has 1 aliphatic heterocycles. The van der Waals surface area contributed by atoms with Crippen molar-refractivity contribution in [1.82, 2.24) is 10.2 Å². The first kappa shape index (κ1) is 15.9. The number of hydrogen-bond donors (Lipinski definition) is 1. The van der Waals surface area contributed by atoms with Crippen molar-refractivity contribution in [3.63, 3.8) is 0 Å². The number of morpholine rings is 1. The lowest BCUT2D eigenvalue weighted by Crippen LogP contribution is -2.50. The van der Waals surface area contributed by atoms with Crippen LogP contribution < -0.4 is 5.32 Å². The molecule has 2 amide bonds. The van der Waals surface area contributed by atoms with Crippen molar-refractivity contribution in [3.8, 4) is 0 Å². The third kappa shape index (κ3) is 4.22. The van der Waals surface area contributed by atoms with Crippen molar-refractivity contribution in [1.29, 1.82) is 0 Å². The van der Waals surface area contributed by atoms with Crippen LogP contribution in [0.25, 0.3) is 0 Å². The quantitative estimate of drug-likeness (QED) is 0.903. The summed E-state index contributed by atoms with van der Waals surface area (Å²) >= 11 is 0. The van der Waals surface area contributed by atoms with Crippen molar-refractivity contribution in [2.45, 2.75) is 32.4 Å². The van der Waals surface area contributed by atoms with Crippen LogP contribution in [0.3, 0.4) is 0 Å². The standard InChI is InChI=1S/C15H24N2O4/c1-11(6-8-19-3)16-15(18)17-7-9-20-10-13(17)14-5-4-12(2)21-14/h4-5,11,13H,6-10H2,1-3H3,(H,16,18)/t11-,13-/m1/s1. The van der Waals surface area contributed by atoms with Crippen molar-refractivity contribution < 1.29 is 18.7 Å². The molecule has 0 aliphatic carbocycles. The minimum atomic E-state index is -0.165. The first-order valence-electron chi connectivity index (χ1n) is 7.32. The van der Waals surface area contributed by atoms with Crippen LogP contribution in [0, 0.1) is 6.92 Å². The summed E-state index contributed by atoms with van der Waals surface area (Å²) in [7, 11) is 1.66. The lowest BCUT2D eigenvalue weighted by Gasteiger charge is -2.35. The summed E-state index contributed by atoms with van der Waals surface area (Å²) in [6.45, 7) is 6.08. The summed E-state index contributed by atoms with van der Waals surface area (Å²) in [5, 5.41) is 3.00. The average Bonchev–Trinajstić information content (AvgIpc) is 2.91. The van der Waals surface area contributed by atoms with E-state index >= 15 is 0 Å². The fourth-order valence-corrected chi connectivity index (χ4v) is 2.38. The first-order valence-corrected chi connectivity index (χ1v) is 7.32. The lowest BCUT2D eigenvalue weighted by molar-refractivity contribution is 0.00341. The van der Waals surface area contributed by atoms with Crippen LogP contribution in [0.4, 0.5) is 4.79 Å². The lowest BCUT2D eigenvalue weighted by atomic mass is 10.2. The summed E-state index contributed by atoms with van der Waals surface area (Å²) < 4.78 is 16.2. The Kier molecular flexibility index (Phi) is 5.64. The first-order chi connectivity index (χ1) is 10.1. The second kappa shape index (κ2) is 7.47. The number of urea groups is 1. The van der Waals surface area contributed by atoms with E-state index in [9.17, 15) is 4.79 Å². The minimum absolute atomic E-state index is 0.0688. The molecule has 0 unspecified atom stereocenters. The van der Waals surface area contributed by atoms with E-state index < -0.39 is 0 Å².